The molecule has 2 heterocycles. The zero-order valence-electron chi connectivity index (χ0n) is 14.4. The quantitative estimate of drug-likeness (QED) is 0.731. The van der Waals surface area contributed by atoms with Crippen LogP contribution >= 0.6 is 0 Å². The molecule has 0 radical (unpaired) electrons. The number of nitrogens with one attached hydrogen (secondary N) is 1. The van der Waals surface area contributed by atoms with E-state index in [1.165, 1.54) is 29.0 Å². The van der Waals surface area contributed by atoms with Gasteiger partial charge in [0.25, 0.3) is 0 Å². The van der Waals surface area contributed by atoms with Gasteiger partial charge in [0.1, 0.15) is 11.6 Å². The third-order valence-corrected chi connectivity index (χ3v) is 4.05. The van der Waals surface area contributed by atoms with Crippen LogP contribution in [0.2, 0.25) is 0 Å². The highest BCUT2D eigenvalue weighted by Gasteiger charge is 2.14. The molecule has 0 fully saturated rings. The van der Waals surface area contributed by atoms with Crippen molar-refractivity contribution in [2.75, 3.05) is 30.0 Å². The minimum Gasteiger partial charge on any atom is -0.347 e. The Morgan fingerprint density at radius 3 is 2.46 bits per heavy atom. The average molecular weight is 376 g/mol. The third-order valence-electron chi connectivity index (χ3n) is 3.45. The maximum atomic E-state index is 14.4. The predicted octanol–water partition coefficient (Wildman–Crippen LogP) is 1.91. The summed E-state index contributed by atoms with van der Waals surface area (Å²) in [6.45, 7) is 0. The molecule has 8 nitrogen and oxygen atoms in total. The molecule has 0 aliphatic carbocycles. The molecule has 0 saturated heterocycles. The van der Waals surface area contributed by atoms with Crippen molar-refractivity contribution in [3.05, 3.63) is 48.8 Å². The largest absolute Gasteiger partial charge is 0.347 e. The summed E-state index contributed by atoms with van der Waals surface area (Å²) in [5, 5.41) is 0. The summed E-state index contributed by atoms with van der Waals surface area (Å²) >= 11 is 0. The fourth-order valence-electron chi connectivity index (χ4n) is 2.35. The molecule has 0 saturated carbocycles. The van der Waals surface area contributed by atoms with Crippen LogP contribution in [0.4, 0.5) is 16.0 Å². The van der Waals surface area contributed by atoms with Gasteiger partial charge in [0.2, 0.25) is 16.0 Å². The lowest BCUT2D eigenvalue weighted by atomic mass is 10.2. The van der Waals surface area contributed by atoms with E-state index in [-0.39, 0.29) is 11.4 Å². The number of aromatic nitrogens is 4. The van der Waals surface area contributed by atoms with Crippen molar-refractivity contribution < 1.29 is 12.8 Å². The molecular formula is C16H17FN6O2S. The Bertz CT molecular complexity index is 1030. The van der Waals surface area contributed by atoms with E-state index in [1.807, 2.05) is 14.1 Å². The first-order valence-corrected chi connectivity index (χ1v) is 9.44. The van der Waals surface area contributed by atoms with E-state index in [4.69, 9.17) is 0 Å². The van der Waals surface area contributed by atoms with E-state index in [1.54, 1.807) is 23.5 Å². The van der Waals surface area contributed by atoms with Crippen molar-refractivity contribution in [2.45, 2.75) is 0 Å². The van der Waals surface area contributed by atoms with Gasteiger partial charge in [-0.3, -0.25) is 9.29 Å². The summed E-state index contributed by atoms with van der Waals surface area (Å²) in [5.41, 5.74) is 1.01. The number of hydrogen-bond donors (Lipinski definition) is 1. The number of anilines is 2. The predicted molar refractivity (Wildman–Crippen MR) is 97.3 cm³/mol. The number of hydrogen-bond acceptors (Lipinski definition) is 6. The molecule has 136 valence electrons. The minimum absolute atomic E-state index is 0.155. The fourth-order valence-corrected chi connectivity index (χ4v) is 2.91. The standard InChI is InChI=1S/C16H17FN6O2S/c1-22(2)16-19-9-11(10-20-16)15-18-6-7-23(15)14-8-12(4-5-13(14)17)21-26(3,24)25/h4-10,21H,1-3H3. The molecule has 2 aromatic heterocycles. The second-order valence-corrected chi connectivity index (χ2v) is 7.58. The molecule has 0 aliphatic rings. The highest BCUT2D eigenvalue weighted by Crippen LogP contribution is 2.25. The second-order valence-electron chi connectivity index (χ2n) is 5.83. The zero-order chi connectivity index (χ0) is 18.9. The molecule has 1 aromatic carbocycles. The first kappa shape index (κ1) is 17.8. The van der Waals surface area contributed by atoms with Crippen LogP contribution < -0.4 is 9.62 Å². The Labute approximate surface area is 150 Å². The molecule has 0 bridgehead atoms. The van der Waals surface area contributed by atoms with Crippen LogP contribution in [0.25, 0.3) is 17.1 Å². The Kier molecular flexibility index (Phi) is 4.60. The summed E-state index contributed by atoms with van der Waals surface area (Å²) in [6, 6.07) is 3.94. The Morgan fingerprint density at radius 2 is 1.85 bits per heavy atom. The number of nitrogens with zero attached hydrogens (tertiary/aromatic N) is 5. The first-order valence-electron chi connectivity index (χ1n) is 7.55. The summed E-state index contributed by atoms with van der Waals surface area (Å²) in [7, 11) is 0.177. The normalized spacial score (nSPS) is 11.4. The topological polar surface area (TPSA) is 93.0 Å². The Hall–Kier alpha value is -3.01. The van der Waals surface area contributed by atoms with Gasteiger partial charge >= 0.3 is 0 Å². The highest BCUT2D eigenvalue weighted by molar-refractivity contribution is 7.92. The van der Waals surface area contributed by atoms with Crippen molar-refractivity contribution >= 4 is 21.7 Å². The van der Waals surface area contributed by atoms with E-state index in [9.17, 15) is 12.8 Å². The SMILES string of the molecule is CN(C)c1ncc(-c2nccn2-c2cc(NS(C)(=O)=O)ccc2F)cn1. The molecular weight excluding hydrogens is 359 g/mol. The van der Waals surface area contributed by atoms with E-state index >= 15 is 0 Å². The summed E-state index contributed by atoms with van der Waals surface area (Å²) in [5.74, 6) is 0.456. The monoisotopic (exact) mass is 376 g/mol. The summed E-state index contributed by atoms with van der Waals surface area (Å²) in [4.78, 5) is 14.5. The van der Waals surface area contributed by atoms with E-state index in [2.05, 4.69) is 19.7 Å². The molecule has 3 aromatic rings. The van der Waals surface area contributed by atoms with Crippen molar-refractivity contribution in [1.29, 1.82) is 0 Å². The van der Waals surface area contributed by atoms with E-state index in [0.717, 1.165) is 6.26 Å². The van der Waals surface area contributed by atoms with Crippen LogP contribution in [-0.4, -0.2) is 48.3 Å². The number of benzene rings is 1. The van der Waals surface area contributed by atoms with Gasteiger partial charge in [-0.05, 0) is 18.2 Å². The van der Waals surface area contributed by atoms with Crippen LogP contribution in [0.1, 0.15) is 0 Å². The van der Waals surface area contributed by atoms with Gasteiger partial charge < -0.3 is 4.90 Å². The van der Waals surface area contributed by atoms with E-state index in [0.29, 0.717) is 17.3 Å². The molecule has 1 N–H and O–H groups in total. The van der Waals surface area contributed by atoms with Crippen LogP contribution in [0, 0.1) is 5.82 Å². The number of sulfonamides is 1. The van der Waals surface area contributed by atoms with Crippen molar-refractivity contribution in [3.63, 3.8) is 0 Å². The maximum absolute atomic E-state index is 14.4. The maximum Gasteiger partial charge on any atom is 0.229 e. The summed E-state index contributed by atoms with van der Waals surface area (Å²) < 4.78 is 41.0. The summed E-state index contributed by atoms with van der Waals surface area (Å²) in [6.07, 6.45) is 7.32. The Balaban J connectivity index is 2.04. The van der Waals surface area contributed by atoms with Gasteiger partial charge in [0, 0.05) is 38.9 Å². The second kappa shape index (κ2) is 6.71. The van der Waals surface area contributed by atoms with Crippen molar-refractivity contribution in [2.24, 2.45) is 0 Å². The number of imidazole rings is 1. The number of rotatable bonds is 5. The van der Waals surface area contributed by atoms with Crippen LogP contribution in [0.15, 0.2) is 43.0 Å². The highest BCUT2D eigenvalue weighted by atomic mass is 32.2. The third kappa shape index (κ3) is 3.80. The van der Waals surface area contributed by atoms with Gasteiger partial charge in [-0.2, -0.15) is 0 Å². The molecule has 10 heteroatoms. The molecule has 26 heavy (non-hydrogen) atoms. The molecule has 3 rings (SSSR count). The lowest BCUT2D eigenvalue weighted by molar-refractivity contribution is 0.606. The van der Waals surface area contributed by atoms with Gasteiger partial charge in [-0.25, -0.2) is 27.8 Å². The smallest absolute Gasteiger partial charge is 0.229 e. The molecule has 0 aliphatic heterocycles. The van der Waals surface area contributed by atoms with Crippen LogP contribution in [0.3, 0.4) is 0 Å². The fraction of sp³-hybridized carbons (Fsp3) is 0.188. The minimum atomic E-state index is -3.47. The Morgan fingerprint density at radius 1 is 1.15 bits per heavy atom. The van der Waals surface area contributed by atoms with Gasteiger partial charge in [-0.1, -0.05) is 0 Å². The van der Waals surface area contributed by atoms with Gasteiger partial charge in [0.15, 0.2) is 0 Å². The average Bonchev–Trinajstić information content (AvgIpc) is 3.05. The molecule has 0 spiro atoms. The molecule has 0 amide bonds. The van der Waals surface area contributed by atoms with Gasteiger partial charge in [0.05, 0.1) is 23.2 Å². The first-order chi connectivity index (χ1) is 12.2. The van der Waals surface area contributed by atoms with E-state index < -0.39 is 15.8 Å². The molecule has 0 unspecified atom stereocenters. The van der Waals surface area contributed by atoms with Crippen molar-refractivity contribution in [1.82, 2.24) is 19.5 Å². The van der Waals surface area contributed by atoms with Crippen LogP contribution in [-0.2, 0) is 10.0 Å². The zero-order valence-corrected chi connectivity index (χ0v) is 15.2. The van der Waals surface area contributed by atoms with Crippen LogP contribution in [0.5, 0.6) is 0 Å². The van der Waals surface area contributed by atoms with Gasteiger partial charge in [-0.15, -0.1) is 0 Å². The lowest BCUT2D eigenvalue weighted by Gasteiger charge is -2.12. The van der Waals surface area contributed by atoms with Crippen molar-refractivity contribution in [3.8, 4) is 17.1 Å². The molecule has 0 atom stereocenters. The lowest BCUT2D eigenvalue weighted by Crippen LogP contribution is -2.12. The number of halogens is 1.